The fourth-order valence-corrected chi connectivity index (χ4v) is 2.98. The molecule has 0 aliphatic heterocycles. The average molecular weight is 319 g/mol. The number of carboxylic acids is 1. The number of hydrogen-bond donors (Lipinski definition) is 1. The van der Waals surface area contributed by atoms with E-state index in [1.54, 1.807) is 7.11 Å². The number of benzene rings is 1. The molecular formula is C15H17N3O3S. The normalized spacial score (nSPS) is 14.1. The van der Waals surface area contributed by atoms with Gasteiger partial charge in [-0.05, 0) is 37.5 Å². The van der Waals surface area contributed by atoms with Crippen LogP contribution in [0.1, 0.15) is 30.1 Å². The first kappa shape index (κ1) is 14.9. The van der Waals surface area contributed by atoms with Crippen molar-refractivity contribution in [3.8, 4) is 11.4 Å². The van der Waals surface area contributed by atoms with Gasteiger partial charge in [0.2, 0.25) is 0 Å². The number of hydrogen-bond acceptors (Lipinski definition) is 5. The summed E-state index contributed by atoms with van der Waals surface area (Å²) in [5, 5.41) is 18.0. The summed E-state index contributed by atoms with van der Waals surface area (Å²) in [5.74, 6) is 1.10. The van der Waals surface area contributed by atoms with Gasteiger partial charge in [-0.15, -0.1) is 10.2 Å². The minimum Gasteiger partial charge on any atom is -0.495 e. The number of aryl methyl sites for hydroxylation is 1. The molecule has 1 fully saturated rings. The molecule has 116 valence electrons. The number of carboxylic acid groups (broad SMARTS) is 1. The highest BCUT2D eigenvalue weighted by molar-refractivity contribution is 7.99. The second kappa shape index (κ2) is 6.00. The van der Waals surface area contributed by atoms with Gasteiger partial charge in [0, 0.05) is 5.92 Å². The van der Waals surface area contributed by atoms with Crippen molar-refractivity contribution in [2.75, 3.05) is 12.9 Å². The Morgan fingerprint density at radius 1 is 1.45 bits per heavy atom. The number of nitrogens with zero attached hydrogens (tertiary/aromatic N) is 3. The van der Waals surface area contributed by atoms with E-state index in [0.717, 1.165) is 35.7 Å². The maximum absolute atomic E-state index is 10.8. The molecule has 1 aromatic heterocycles. The maximum Gasteiger partial charge on any atom is 0.313 e. The highest BCUT2D eigenvalue weighted by atomic mass is 32.2. The Balaban J connectivity index is 2.09. The predicted octanol–water partition coefficient (Wildman–Crippen LogP) is 2.64. The monoisotopic (exact) mass is 319 g/mol. The number of carbonyl (C=O) groups is 1. The van der Waals surface area contributed by atoms with Gasteiger partial charge in [0.1, 0.15) is 11.6 Å². The molecule has 0 radical (unpaired) electrons. The van der Waals surface area contributed by atoms with E-state index in [-0.39, 0.29) is 5.75 Å². The first-order chi connectivity index (χ1) is 10.6. The lowest BCUT2D eigenvalue weighted by Gasteiger charge is -2.14. The predicted molar refractivity (Wildman–Crippen MR) is 83.0 cm³/mol. The van der Waals surface area contributed by atoms with E-state index < -0.39 is 5.97 Å². The van der Waals surface area contributed by atoms with E-state index in [1.807, 2.05) is 29.7 Å². The summed E-state index contributed by atoms with van der Waals surface area (Å²) in [6.07, 6.45) is 2.19. The van der Waals surface area contributed by atoms with Crippen LogP contribution in [0.15, 0.2) is 23.4 Å². The Morgan fingerprint density at radius 2 is 2.23 bits per heavy atom. The van der Waals surface area contributed by atoms with Crippen LogP contribution >= 0.6 is 11.8 Å². The third-order valence-corrected chi connectivity index (χ3v) is 4.41. The van der Waals surface area contributed by atoms with Gasteiger partial charge in [0.15, 0.2) is 5.16 Å². The van der Waals surface area contributed by atoms with Crippen LogP contribution in [0.4, 0.5) is 0 Å². The van der Waals surface area contributed by atoms with E-state index >= 15 is 0 Å². The molecule has 22 heavy (non-hydrogen) atoms. The van der Waals surface area contributed by atoms with Crippen molar-refractivity contribution < 1.29 is 14.6 Å². The number of methoxy groups -OCH3 is 1. The Bertz CT molecular complexity index is 710. The van der Waals surface area contributed by atoms with Crippen LogP contribution in [-0.2, 0) is 4.79 Å². The molecule has 1 aromatic carbocycles. The van der Waals surface area contributed by atoms with Crippen LogP contribution in [-0.4, -0.2) is 38.7 Å². The van der Waals surface area contributed by atoms with Crippen molar-refractivity contribution in [2.45, 2.75) is 30.8 Å². The SMILES string of the molecule is COc1ccc(C)cc1-n1c(SCC(=O)O)nnc1C1CC1. The van der Waals surface area contributed by atoms with Crippen LogP contribution in [0.2, 0.25) is 0 Å². The highest BCUT2D eigenvalue weighted by Crippen LogP contribution is 2.42. The minimum absolute atomic E-state index is 0.0447. The first-order valence-electron chi connectivity index (χ1n) is 7.05. The first-order valence-corrected chi connectivity index (χ1v) is 8.03. The van der Waals surface area contributed by atoms with Crippen LogP contribution in [0.3, 0.4) is 0 Å². The van der Waals surface area contributed by atoms with Crippen molar-refractivity contribution >= 4 is 17.7 Å². The lowest BCUT2D eigenvalue weighted by molar-refractivity contribution is -0.133. The van der Waals surface area contributed by atoms with Gasteiger partial charge in [-0.3, -0.25) is 9.36 Å². The van der Waals surface area contributed by atoms with E-state index in [2.05, 4.69) is 10.2 Å². The lowest BCUT2D eigenvalue weighted by Crippen LogP contribution is -2.06. The smallest absolute Gasteiger partial charge is 0.313 e. The number of rotatable bonds is 6. The topological polar surface area (TPSA) is 77.2 Å². The molecule has 1 aliphatic rings. The van der Waals surface area contributed by atoms with Gasteiger partial charge in [0.05, 0.1) is 18.6 Å². The third-order valence-electron chi connectivity index (χ3n) is 3.50. The zero-order valence-electron chi connectivity index (χ0n) is 12.4. The minimum atomic E-state index is -0.872. The molecule has 2 aromatic rings. The van der Waals surface area contributed by atoms with Gasteiger partial charge < -0.3 is 9.84 Å². The zero-order chi connectivity index (χ0) is 15.7. The van der Waals surface area contributed by atoms with Crippen LogP contribution in [0, 0.1) is 6.92 Å². The van der Waals surface area contributed by atoms with Gasteiger partial charge >= 0.3 is 5.97 Å². The standard InChI is InChI=1S/C15H17N3O3S/c1-9-3-6-12(21-2)11(7-9)18-14(10-4-5-10)16-17-15(18)22-8-13(19)20/h3,6-7,10H,4-5,8H2,1-2H3,(H,19,20). The number of aliphatic carboxylic acids is 1. The van der Waals surface area contributed by atoms with E-state index in [9.17, 15) is 4.79 Å². The molecule has 0 bridgehead atoms. The molecule has 1 saturated carbocycles. The summed E-state index contributed by atoms with van der Waals surface area (Å²) in [4.78, 5) is 10.8. The quantitative estimate of drug-likeness (QED) is 0.825. The Kier molecular flexibility index (Phi) is 4.06. The Labute approximate surface area is 132 Å². The van der Waals surface area contributed by atoms with E-state index in [1.165, 1.54) is 11.8 Å². The number of thioether (sulfide) groups is 1. The molecule has 1 aliphatic carbocycles. The van der Waals surface area contributed by atoms with Crippen molar-refractivity contribution in [1.82, 2.24) is 14.8 Å². The van der Waals surface area contributed by atoms with E-state index in [4.69, 9.17) is 9.84 Å². The van der Waals surface area contributed by atoms with Crippen molar-refractivity contribution in [3.63, 3.8) is 0 Å². The fourth-order valence-electron chi connectivity index (χ4n) is 2.31. The zero-order valence-corrected chi connectivity index (χ0v) is 13.3. The molecule has 7 heteroatoms. The molecule has 0 spiro atoms. The summed E-state index contributed by atoms with van der Waals surface area (Å²) in [6, 6.07) is 5.90. The number of ether oxygens (including phenoxy) is 1. The van der Waals surface area contributed by atoms with Crippen LogP contribution < -0.4 is 4.74 Å². The molecule has 1 heterocycles. The average Bonchev–Trinajstić information content (AvgIpc) is 3.25. The van der Waals surface area contributed by atoms with Crippen molar-refractivity contribution in [1.29, 1.82) is 0 Å². The fraction of sp³-hybridized carbons (Fsp3) is 0.400. The van der Waals surface area contributed by atoms with E-state index in [0.29, 0.717) is 11.1 Å². The number of aromatic nitrogens is 3. The third kappa shape index (κ3) is 2.94. The second-order valence-corrected chi connectivity index (χ2v) is 6.25. The molecular weight excluding hydrogens is 302 g/mol. The Hall–Kier alpha value is -2.02. The Morgan fingerprint density at radius 3 is 2.86 bits per heavy atom. The van der Waals surface area contributed by atoms with Gasteiger partial charge in [-0.1, -0.05) is 17.8 Å². The lowest BCUT2D eigenvalue weighted by atomic mass is 10.2. The molecule has 0 atom stereocenters. The van der Waals surface area contributed by atoms with Crippen LogP contribution in [0.5, 0.6) is 5.75 Å². The molecule has 0 saturated heterocycles. The summed E-state index contributed by atoms with van der Waals surface area (Å²) >= 11 is 1.18. The van der Waals surface area contributed by atoms with Crippen molar-refractivity contribution in [2.24, 2.45) is 0 Å². The van der Waals surface area contributed by atoms with Gasteiger partial charge in [-0.25, -0.2) is 0 Å². The summed E-state index contributed by atoms with van der Waals surface area (Å²) in [7, 11) is 1.62. The second-order valence-electron chi connectivity index (χ2n) is 5.31. The molecule has 6 nitrogen and oxygen atoms in total. The molecule has 3 rings (SSSR count). The molecule has 0 amide bonds. The van der Waals surface area contributed by atoms with Gasteiger partial charge in [0.25, 0.3) is 0 Å². The summed E-state index contributed by atoms with van der Waals surface area (Å²) < 4.78 is 7.40. The van der Waals surface area contributed by atoms with Crippen LogP contribution in [0.25, 0.3) is 5.69 Å². The van der Waals surface area contributed by atoms with Crippen molar-refractivity contribution in [3.05, 3.63) is 29.6 Å². The largest absolute Gasteiger partial charge is 0.495 e. The molecule has 0 unspecified atom stereocenters. The van der Waals surface area contributed by atoms with Gasteiger partial charge in [-0.2, -0.15) is 0 Å². The molecule has 1 N–H and O–H groups in total. The maximum atomic E-state index is 10.8. The summed E-state index contributed by atoms with van der Waals surface area (Å²) in [6.45, 7) is 2.01. The highest BCUT2D eigenvalue weighted by Gasteiger charge is 2.32. The summed E-state index contributed by atoms with van der Waals surface area (Å²) in [5.41, 5.74) is 1.96.